The zero-order valence-corrected chi connectivity index (χ0v) is 20.9. The number of anilines is 1. The van der Waals surface area contributed by atoms with Crippen molar-refractivity contribution in [2.75, 3.05) is 25.0 Å². The van der Waals surface area contributed by atoms with Crippen LogP contribution < -0.4 is 20.7 Å². The molecule has 5 nitrogen and oxygen atoms in total. The number of amides is 2. The Labute approximate surface area is 207 Å². The molecule has 0 aliphatic carbocycles. The van der Waals surface area contributed by atoms with Crippen LogP contribution in [-0.4, -0.2) is 25.7 Å². The Balaban J connectivity index is 0.00000385. The summed E-state index contributed by atoms with van der Waals surface area (Å²) < 4.78 is 5.99. The van der Waals surface area contributed by atoms with Crippen LogP contribution in [0, 0.1) is 0 Å². The highest BCUT2D eigenvalue weighted by atomic mass is 79.9. The van der Waals surface area contributed by atoms with Crippen LogP contribution in [0.5, 0.6) is 5.75 Å². The van der Waals surface area contributed by atoms with Gasteiger partial charge in [-0.1, -0.05) is 67.9 Å². The molecule has 0 saturated carbocycles. The lowest BCUT2D eigenvalue weighted by atomic mass is 10.0. The Morgan fingerprint density at radius 2 is 1.55 bits per heavy atom. The van der Waals surface area contributed by atoms with Crippen molar-refractivity contribution in [2.24, 2.45) is 0 Å². The first kappa shape index (κ1) is 26.4. The zero-order chi connectivity index (χ0) is 22.4. The van der Waals surface area contributed by atoms with Gasteiger partial charge in [0.1, 0.15) is 12.4 Å². The van der Waals surface area contributed by atoms with E-state index in [1.807, 2.05) is 48.5 Å². The number of rotatable bonds is 12. The molecule has 176 valence electrons. The highest BCUT2D eigenvalue weighted by molar-refractivity contribution is 8.93. The summed E-state index contributed by atoms with van der Waals surface area (Å²) in [5.41, 5.74) is 4.66. The number of hydrogen-bond donors (Lipinski definition) is 3. The second-order valence-electron chi connectivity index (χ2n) is 7.70. The van der Waals surface area contributed by atoms with Crippen LogP contribution in [0.2, 0.25) is 0 Å². The lowest BCUT2D eigenvalue weighted by Gasteiger charge is -2.13. The summed E-state index contributed by atoms with van der Waals surface area (Å²) >= 11 is 0. The minimum atomic E-state index is -0.186. The Morgan fingerprint density at radius 3 is 2.27 bits per heavy atom. The van der Waals surface area contributed by atoms with Crippen molar-refractivity contribution >= 4 is 28.7 Å². The van der Waals surface area contributed by atoms with Gasteiger partial charge in [-0.05, 0) is 60.3 Å². The minimum Gasteiger partial charge on any atom is -0.489 e. The van der Waals surface area contributed by atoms with E-state index in [-0.39, 0.29) is 23.0 Å². The van der Waals surface area contributed by atoms with E-state index < -0.39 is 0 Å². The largest absolute Gasteiger partial charge is 0.489 e. The van der Waals surface area contributed by atoms with E-state index in [1.54, 1.807) is 0 Å². The Kier molecular flexibility index (Phi) is 12.1. The highest BCUT2D eigenvalue weighted by Crippen LogP contribution is 2.21. The molecule has 33 heavy (non-hydrogen) atoms. The molecule has 3 N–H and O–H groups in total. The molecule has 3 aromatic carbocycles. The van der Waals surface area contributed by atoms with Crippen molar-refractivity contribution in [2.45, 2.75) is 32.8 Å². The number of carbonyl (C=O) groups is 1. The molecule has 0 unspecified atom stereocenters. The van der Waals surface area contributed by atoms with Crippen LogP contribution in [0.4, 0.5) is 10.5 Å². The average Bonchev–Trinajstić information content (AvgIpc) is 2.82. The van der Waals surface area contributed by atoms with E-state index in [0.717, 1.165) is 43.8 Å². The second-order valence-corrected chi connectivity index (χ2v) is 7.70. The molecule has 2 amide bonds. The monoisotopic (exact) mass is 511 g/mol. The Hall–Kier alpha value is -2.83. The smallest absolute Gasteiger partial charge is 0.319 e. The normalized spacial score (nSPS) is 10.2. The predicted molar refractivity (Wildman–Crippen MR) is 142 cm³/mol. The van der Waals surface area contributed by atoms with Gasteiger partial charge < -0.3 is 20.7 Å². The van der Waals surface area contributed by atoms with Crippen molar-refractivity contribution < 1.29 is 9.53 Å². The number of para-hydroxylation sites is 1. The number of nitrogens with one attached hydrogen (secondary N) is 3. The summed E-state index contributed by atoms with van der Waals surface area (Å²) in [4.78, 5) is 11.9. The standard InChI is InChI=1S/C27H33N3O2.BrH/c1-2-9-24-20-26(32-21-22-10-5-3-6-11-22)15-14-23(24)16-17-28-18-19-29-27(31)30-25-12-7-4-8-13-25;/h3-8,10-15,20,28H,2,9,16-19,21H2,1H3,(H2,29,30,31);1H. The number of urea groups is 1. The minimum absolute atomic E-state index is 0. The molecule has 0 fully saturated rings. The Morgan fingerprint density at radius 1 is 0.818 bits per heavy atom. The quantitative estimate of drug-likeness (QED) is 0.271. The van der Waals surface area contributed by atoms with Gasteiger partial charge in [-0.25, -0.2) is 4.79 Å². The lowest BCUT2D eigenvalue weighted by molar-refractivity contribution is 0.252. The maximum Gasteiger partial charge on any atom is 0.319 e. The van der Waals surface area contributed by atoms with Gasteiger partial charge in [0.15, 0.2) is 0 Å². The number of carbonyl (C=O) groups excluding carboxylic acids is 1. The maximum absolute atomic E-state index is 11.9. The van der Waals surface area contributed by atoms with Crippen molar-refractivity contribution in [1.29, 1.82) is 0 Å². The van der Waals surface area contributed by atoms with Crippen LogP contribution in [0.1, 0.15) is 30.0 Å². The molecule has 0 bridgehead atoms. The SMILES string of the molecule is Br.CCCc1cc(OCc2ccccc2)ccc1CCNCCNC(=O)Nc1ccccc1. The van der Waals surface area contributed by atoms with Crippen molar-refractivity contribution in [3.05, 3.63) is 95.6 Å². The van der Waals surface area contributed by atoms with Gasteiger partial charge in [0.2, 0.25) is 0 Å². The van der Waals surface area contributed by atoms with E-state index in [1.165, 1.54) is 16.7 Å². The molecule has 3 rings (SSSR count). The molecule has 3 aromatic rings. The van der Waals surface area contributed by atoms with Gasteiger partial charge in [-0.2, -0.15) is 0 Å². The fourth-order valence-corrected chi connectivity index (χ4v) is 3.49. The molecule has 0 aliphatic heterocycles. The van der Waals surface area contributed by atoms with E-state index in [9.17, 15) is 4.79 Å². The molecular formula is C27H34BrN3O2. The molecule has 0 aromatic heterocycles. The van der Waals surface area contributed by atoms with Crippen molar-refractivity contribution in [3.63, 3.8) is 0 Å². The molecule has 0 aliphatic rings. The molecule has 0 heterocycles. The molecule has 0 spiro atoms. The summed E-state index contributed by atoms with van der Waals surface area (Å²) in [5.74, 6) is 0.919. The van der Waals surface area contributed by atoms with Gasteiger partial charge in [-0.15, -0.1) is 17.0 Å². The topological polar surface area (TPSA) is 62.4 Å². The third kappa shape index (κ3) is 9.68. The summed E-state index contributed by atoms with van der Waals surface area (Å²) in [6.45, 7) is 4.95. The van der Waals surface area contributed by atoms with E-state index >= 15 is 0 Å². The van der Waals surface area contributed by atoms with Gasteiger partial charge >= 0.3 is 6.03 Å². The van der Waals surface area contributed by atoms with Gasteiger partial charge in [0.05, 0.1) is 0 Å². The van der Waals surface area contributed by atoms with Crippen molar-refractivity contribution in [3.8, 4) is 5.75 Å². The summed E-state index contributed by atoms with van der Waals surface area (Å²) in [7, 11) is 0. The third-order valence-electron chi connectivity index (χ3n) is 5.14. The first-order valence-electron chi connectivity index (χ1n) is 11.3. The summed E-state index contributed by atoms with van der Waals surface area (Å²) in [5, 5.41) is 9.09. The number of ether oxygens (including phenoxy) is 1. The van der Waals surface area contributed by atoms with Crippen LogP contribution in [0.3, 0.4) is 0 Å². The van der Waals surface area contributed by atoms with E-state index in [4.69, 9.17) is 4.74 Å². The fourth-order valence-electron chi connectivity index (χ4n) is 3.49. The lowest BCUT2D eigenvalue weighted by Crippen LogP contribution is -2.35. The average molecular weight is 512 g/mol. The molecular weight excluding hydrogens is 478 g/mol. The molecule has 0 atom stereocenters. The molecule has 6 heteroatoms. The number of halogens is 1. The zero-order valence-electron chi connectivity index (χ0n) is 19.2. The number of benzene rings is 3. The van der Waals surface area contributed by atoms with Crippen LogP contribution in [-0.2, 0) is 19.4 Å². The summed E-state index contributed by atoms with van der Waals surface area (Å²) in [6, 6.07) is 25.9. The molecule has 0 radical (unpaired) electrons. The van der Waals surface area contributed by atoms with Crippen LogP contribution in [0.25, 0.3) is 0 Å². The van der Waals surface area contributed by atoms with Gasteiger partial charge in [0, 0.05) is 18.8 Å². The Bertz CT molecular complexity index is 952. The number of hydrogen-bond acceptors (Lipinski definition) is 3. The molecule has 0 saturated heterocycles. The first-order valence-corrected chi connectivity index (χ1v) is 11.3. The van der Waals surface area contributed by atoms with E-state index in [0.29, 0.717) is 13.2 Å². The van der Waals surface area contributed by atoms with Gasteiger partial charge in [-0.3, -0.25) is 0 Å². The highest BCUT2D eigenvalue weighted by Gasteiger charge is 2.06. The van der Waals surface area contributed by atoms with Crippen LogP contribution >= 0.6 is 17.0 Å². The van der Waals surface area contributed by atoms with Crippen LogP contribution in [0.15, 0.2) is 78.9 Å². The maximum atomic E-state index is 11.9. The fraction of sp³-hybridized carbons (Fsp3) is 0.296. The third-order valence-corrected chi connectivity index (χ3v) is 5.14. The van der Waals surface area contributed by atoms with Gasteiger partial charge in [0.25, 0.3) is 0 Å². The number of aryl methyl sites for hydroxylation is 1. The second kappa shape index (κ2) is 15.1. The first-order chi connectivity index (χ1) is 15.7. The predicted octanol–water partition coefficient (Wildman–Crippen LogP) is 5.75. The van der Waals surface area contributed by atoms with E-state index in [2.05, 4.69) is 53.2 Å². The van der Waals surface area contributed by atoms with Crippen molar-refractivity contribution in [1.82, 2.24) is 10.6 Å². The summed E-state index contributed by atoms with van der Waals surface area (Å²) in [6.07, 6.45) is 3.09.